The van der Waals surface area contributed by atoms with Crippen molar-refractivity contribution in [1.29, 1.82) is 0 Å². The van der Waals surface area contributed by atoms with Gasteiger partial charge in [0.15, 0.2) is 5.79 Å². The Hall–Kier alpha value is -0.410. The summed E-state index contributed by atoms with van der Waals surface area (Å²) in [5.74, 6) is 1.74. The lowest BCUT2D eigenvalue weighted by molar-refractivity contribution is -0.316. The number of ketones is 1. The molecule has 120 valence electrons. The van der Waals surface area contributed by atoms with Crippen LogP contribution in [0, 0.1) is 17.3 Å². The highest BCUT2D eigenvalue weighted by atomic mass is 16.7. The van der Waals surface area contributed by atoms with Crippen molar-refractivity contribution in [1.82, 2.24) is 0 Å². The van der Waals surface area contributed by atoms with E-state index in [2.05, 4.69) is 13.8 Å². The van der Waals surface area contributed by atoms with Crippen LogP contribution in [0.2, 0.25) is 0 Å². The van der Waals surface area contributed by atoms with Gasteiger partial charge in [0.1, 0.15) is 5.78 Å². The van der Waals surface area contributed by atoms with Crippen LogP contribution in [0.3, 0.4) is 0 Å². The SMILES string of the molecule is CCC1(C)COC2(CCC(C3CCC(=O)CC3)CC2)OC1. The highest BCUT2D eigenvalue weighted by Gasteiger charge is 2.45. The molecular weight excluding hydrogens is 264 g/mol. The van der Waals surface area contributed by atoms with Gasteiger partial charge in [-0.15, -0.1) is 0 Å². The summed E-state index contributed by atoms with van der Waals surface area (Å²) in [5, 5.41) is 0. The summed E-state index contributed by atoms with van der Waals surface area (Å²) in [6, 6.07) is 0. The topological polar surface area (TPSA) is 35.5 Å². The third kappa shape index (κ3) is 3.34. The molecule has 3 fully saturated rings. The van der Waals surface area contributed by atoms with E-state index < -0.39 is 0 Å². The van der Waals surface area contributed by atoms with E-state index >= 15 is 0 Å². The van der Waals surface area contributed by atoms with E-state index in [0.717, 1.165) is 70.0 Å². The fourth-order valence-electron chi connectivity index (χ4n) is 4.17. The van der Waals surface area contributed by atoms with Gasteiger partial charge in [-0.05, 0) is 43.9 Å². The van der Waals surface area contributed by atoms with Crippen molar-refractivity contribution in [2.75, 3.05) is 13.2 Å². The monoisotopic (exact) mass is 294 g/mol. The maximum absolute atomic E-state index is 11.4. The fourth-order valence-corrected chi connectivity index (χ4v) is 4.17. The minimum absolute atomic E-state index is 0.200. The molecule has 0 radical (unpaired) electrons. The number of rotatable bonds is 2. The quantitative estimate of drug-likeness (QED) is 0.769. The first-order valence-corrected chi connectivity index (χ1v) is 8.84. The third-order valence-electron chi connectivity index (χ3n) is 6.27. The summed E-state index contributed by atoms with van der Waals surface area (Å²) >= 11 is 0. The largest absolute Gasteiger partial charge is 0.349 e. The molecule has 3 heteroatoms. The summed E-state index contributed by atoms with van der Waals surface area (Å²) in [5.41, 5.74) is 0.200. The van der Waals surface area contributed by atoms with Gasteiger partial charge in [0.05, 0.1) is 13.2 Å². The number of carbonyl (C=O) groups is 1. The van der Waals surface area contributed by atoms with Gasteiger partial charge in [0, 0.05) is 31.1 Å². The number of Topliss-reactive ketones (excluding diaryl/α,β-unsaturated/α-hetero) is 1. The first-order chi connectivity index (χ1) is 10.0. The van der Waals surface area contributed by atoms with Gasteiger partial charge in [-0.25, -0.2) is 0 Å². The Morgan fingerprint density at radius 2 is 1.52 bits per heavy atom. The second-order valence-corrected chi connectivity index (χ2v) is 7.87. The van der Waals surface area contributed by atoms with Crippen molar-refractivity contribution in [3.05, 3.63) is 0 Å². The Labute approximate surface area is 128 Å². The first-order valence-electron chi connectivity index (χ1n) is 8.84. The van der Waals surface area contributed by atoms with Gasteiger partial charge in [-0.2, -0.15) is 0 Å². The van der Waals surface area contributed by atoms with E-state index in [9.17, 15) is 4.79 Å². The molecule has 2 aliphatic carbocycles. The molecule has 3 aliphatic rings. The van der Waals surface area contributed by atoms with Gasteiger partial charge < -0.3 is 9.47 Å². The predicted molar refractivity (Wildman–Crippen MR) is 82.0 cm³/mol. The van der Waals surface area contributed by atoms with Crippen LogP contribution in [-0.2, 0) is 14.3 Å². The molecular formula is C18H30O3. The van der Waals surface area contributed by atoms with E-state index in [0.29, 0.717) is 5.78 Å². The van der Waals surface area contributed by atoms with Crippen molar-refractivity contribution in [2.24, 2.45) is 17.3 Å². The lowest BCUT2D eigenvalue weighted by Crippen LogP contribution is -2.50. The van der Waals surface area contributed by atoms with Gasteiger partial charge in [-0.3, -0.25) is 4.79 Å². The van der Waals surface area contributed by atoms with Crippen molar-refractivity contribution in [3.63, 3.8) is 0 Å². The maximum Gasteiger partial charge on any atom is 0.168 e. The number of ether oxygens (including phenoxy) is 2. The molecule has 1 saturated heterocycles. The van der Waals surface area contributed by atoms with E-state index in [-0.39, 0.29) is 11.2 Å². The summed E-state index contributed by atoms with van der Waals surface area (Å²) in [4.78, 5) is 11.4. The highest BCUT2D eigenvalue weighted by Crippen LogP contribution is 2.45. The summed E-state index contributed by atoms with van der Waals surface area (Å²) in [7, 11) is 0. The Morgan fingerprint density at radius 1 is 1.00 bits per heavy atom. The lowest BCUT2D eigenvalue weighted by atomic mass is 9.71. The maximum atomic E-state index is 11.4. The second kappa shape index (κ2) is 6.00. The zero-order valence-corrected chi connectivity index (χ0v) is 13.7. The van der Waals surface area contributed by atoms with Crippen LogP contribution in [0.1, 0.15) is 71.6 Å². The molecule has 3 nitrogen and oxygen atoms in total. The molecule has 1 heterocycles. The fraction of sp³-hybridized carbons (Fsp3) is 0.944. The van der Waals surface area contributed by atoms with Crippen LogP contribution in [0.5, 0.6) is 0 Å². The average Bonchev–Trinajstić information content (AvgIpc) is 2.53. The molecule has 0 unspecified atom stereocenters. The minimum Gasteiger partial charge on any atom is -0.349 e. The summed E-state index contributed by atoms with van der Waals surface area (Å²) < 4.78 is 12.4. The third-order valence-corrected chi connectivity index (χ3v) is 6.27. The van der Waals surface area contributed by atoms with Crippen LogP contribution in [-0.4, -0.2) is 24.8 Å². The van der Waals surface area contributed by atoms with Crippen molar-refractivity contribution >= 4 is 5.78 Å². The molecule has 0 aromatic rings. The van der Waals surface area contributed by atoms with Crippen molar-refractivity contribution in [3.8, 4) is 0 Å². The molecule has 0 aromatic heterocycles. The molecule has 3 rings (SSSR count). The molecule has 1 spiro atoms. The number of hydrogen-bond acceptors (Lipinski definition) is 3. The van der Waals surface area contributed by atoms with Crippen LogP contribution in [0.4, 0.5) is 0 Å². The van der Waals surface area contributed by atoms with E-state index in [1.165, 1.54) is 12.8 Å². The lowest BCUT2D eigenvalue weighted by Gasteiger charge is -2.48. The number of carbonyl (C=O) groups excluding carboxylic acids is 1. The summed E-state index contributed by atoms with van der Waals surface area (Å²) in [6.07, 6.45) is 9.48. The Kier molecular flexibility index (Phi) is 4.42. The smallest absolute Gasteiger partial charge is 0.168 e. The first kappa shape index (κ1) is 15.5. The molecule has 2 saturated carbocycles. The summed E-state index contributed by atoms with van der Waals surface area (Å²) in [6.45, 7) is 6.15. The molecule has 21 heavy (non-hydrogen) atoms. The van der Waals surface area contributed by atoms with Gasteiger partial charge in [0.2, 0.25) is 0 Å². The van der Waals surface area contributed by atoms with Gasteiger partial charge in [-0.1, -0.05) is 13.8 Å². The van der Waals surface area contributed by atoms with Crippen molar-refractivity contribution in [2.45, 2.75) is 77.4 Å². The Bertz CT molecular complexity index is 362. The number of hydrogen-bond donors (Lipinski definition) is 0. The molecule has 0 atom stereocenters. The van der Waals surface area contributed by atoms with Gasteiger partial charge >= 0.3 is 0 Å². The highest BCUT2D eigenvalue weighted by molar-refractivity contribution is 5.79. The van der Waals surface area contributed by atoms with Crippen LogP contribution < -0.4 is 0 Å². The van der Waals surface area contributed by atoms with Crippen molar-refractivity contribution < 1.29 is 14.3 Å². The average molecular weight is 294 g/mol. The minimum atomic E-state index is -0.282. The van der Waals surface area contributed by atoms with E-state index in [4.69, 9.17) is 9.47 Å². The Morgan fingerprint density at radius 3 is 2.05 bits per heavy atom. The zero-order valence-electron chi connectivity index (χ0n) is 13.7. The molecule has 0 bridgehead atoms. The van der Waals surface area contributed by atoms with Gasteiger partial charge in [0.25, 0.3) is 0 Å². The molecule has 0 N–H and O–H groups in total. The Balaban J connectivity index is 1.50. The normalized spacial score (nSPS) is 42.4. The standard InChI is InChI=1S/C18H30O3/c1-3-17(2)12-20-18(21-13-17)10-8-15(9-11-18)14-4-6-16(19)7-5-14/h14-15H,3-13H2,1-2H3. The molecule has 1 aliphatic heterocycles. The van der Waals surface area contributed by atoms with Crippen LogP contribution >= 0.6 is 0 Å². The zero-order chi connectivity index (χ0) is 14.9. The van der Waals surface area contributed by atoms with E-state index in [1.807, 2.05) is 0 Å². The van der Waals surface area contributed by atoms with Crippen LogP contribution in [0.25, 0.3) is 0 Å². The second-order valence-electron chi connectivity index (χ2n) is 7.87. The van der Waals surface area contributed by atoms with E-state index in [1.54, 1.807) is 0 Å². The molecule has 0 amide bonds. The predicted octanol–water partition coefficient (Wildman–Crippen LogP) is 4.10. The van der Waals surface area contributed by atoms with Crippen LogP contribution in [0.15, 0.2) is 0 Å². The molecule has 0 aromatic carbocycles.